The lowest BCUT2D eigenvalue weighted by Gasteiger charge is -2.35. The number of piperazine rings is 1. The fraction of sp³-hybridized carbons (Fsp3) is 0.261. The monoisotopic (exact) mass is 390 g/mol. The van der Waals surface area contributed by atoms with Crippen LogP contribution in [0, 0.1) is 12.7 Å². The molecule has 3 aromatic rings. The Balaban J connectivity index is 1.39. The minimum absolute atomic E-state index is 0.0690. The first-order valence-electron chi connectivity index (χ1n) is 9.75. The Kier molecular flexibility index (Phi) is 5.51. The maximum Gasteiger partial charge on any atom is 0.227 e. The van der Waals surface area contributed by atoms with Crippen molar-refractivity contribution in [2.45, 2.75) is 13.3 Å². The van der Waals surface area contributed by atoms with Gasteiger partial charge < -0.3 is 9.80 Å². The van der Waals surface area contributed by atoms with E-state index in [2.05, 4.69) is 33.9 Å². The molecule has 1 aliphatic rings. The van der Waals surface area contributed by atoms with Gasteiger partial charge in [-0.2, -0.15) is 0 Å². The van der Waals surface area contributed by atoms with Gasteiger partial charge in [0.05, 0.1) is 12.1 Å². The molecule has 0 spiro atoms. The number of carbonyl (C=O) groups is 1. The molecule has 1 amide bonds. The highest BCUT2D eigenvalue weighted by molar-refractivity contribution is 5.79. The summed E-state index contributed by atoms with van der Waals surface area (Å²) in [5, 5.41) is 0. The minimum Gasteiger partial charge on any atom is -0.353 e. The van der Waals surface area contributed by atoms with E-state index in [1.54, 1.807) is 18.5 Å². The lowest BCUT2D eigenvalue weighted by Crippen LogP contribution is -2.49. The number of benzene rings is 2. The molecule has 148 valence electrons. The van der Waals surface area contributed by atoms with E-state index < -0.39 is 0 Å². The molecule has 1 aliphatic heterocycles. The van der Waals surface area contributed by atoms with Crippen LogP contribution in [0.3, 0.4) is 0 Å². The lowest BCUT2D eigenvalue weighted by atomic mass is 10.1. The van der Waals surface area contributed by atoms with Gasteiger partial charge in [-0.3, -0.25) is 4.79 Å². The first kappa shape index (κ1) is 19.1. The van der Waals surface area contributed by atoms with Gasteiger partial charge >= 0.3 is 0 Å². The molecule has 4 rings (SSSR count). The van der Waals surface area contributed by atoms with Gasteiger partial charge in [-0.1, -0.05) is 36.4 Å². The maximum atomic E-state index is 13.0. The summed E-state index contributed by atoms with van der Waals surface area (Å²) < 4.78 is 13.0. The predicted octanol–water partition coefficient (Wildman–Crippen LogP) is 3.48. The molecule has 1 saturated heterocycles. The number of rotatable bonds is 4. The van der Waals surface area contributed by atoms with Gasteiger partial charge in [0, 0.05) is 37.8 Å². The molecule has 1 fully saturated rings. The standard InChI is InChI=1S/C23H23FN4O/c1-17-4-2-3-5-20(17)21-15-22(26-16-25-21)27-10-12-28(13-11-27)23(29)14-18-6-8-19(24)9-7-18/h2-9,15-16H,10-14H2,1H3. The number of anilines is 1. The molecular weight excluding hydrogens is 367 g/mol. The van der Waals surface area contributed by atoms with E-state index in [4.69, 9.17) is 0 Å². The van der Waals surface area contributed by atoms with Crippen molar-refractivity contribution in [1.29, 1.82) is 0 Å². The number of nitrogens with zero attached hydrogens (tertiary/aromatic N) is 4. The average molecular weight is 390 g/mol. The molecule has 5 nitrogen and oxygen atoms in total. The molecule has 0 radical (unpaired) electrons. The van der Waals surface area contributed by atoms with E-state index >= 15 is 0 Å². The zero-order valence-electron chi connectivity index (χ0n) is 16.4. The average Bonchev–Trinajstić information content (AvgIpc) is 2.76. The first-order valence-corrected chi connectivity index (χ1v) is 9.75. The molecule has 6 heteroatoms. The van der Waals surface area contributed by atoms with Crippen LogP contribution in [-0.4, -0.2) is 47.0 Å². The number of aryl methyl sites for hydroxylation is 1. The van der Waals surface area contributed by atoms with Crippen molar-refractivity contribution in [2.75, 3.05) is 31.1 Å². The summed E-state index contributed by atoms with van der Waals surface area (Å²) in [5.41, 5.74) is 4.01. The summed E-state index contributed by atoms with van der Waals surface area (Å²) in [7, 11) is 0. The van der Waals surface area contributed by atoms with Crippen molar-refractivity contribution in [3.8, 4) is 11.3 Å². The highest BCUT2D eigenvalue weighted by atomic mass is 19.1. The number of amides is 1. The molecular formula is C23H23FN4O. The molecule has 0 aliphatic carbocycles. The summed E-state index contributed by atoms with van der Waals surface area (Å²) in [6.07, 6.45) is 1.90. The van der Waals surface area contributed by atoms with E-state index in [1.165, 1.54) is 17.7 Å². The maximum absolute atomic E-state index is 13.0. The molecule has 0 atom stereocenters. The summed E-state index contributed by atoms with van der Waals surface area (Å²) >= 11 is 0. The van der Waals surface area contributed by atoms with Crippen LogP contribution >= 0.6 is 0 Å². The van der Waals surface area contributed by atoms with E-state index in [1.807, 2.05) is 23.1 Å². The van der Waals surface area contributed by atoms with Gasteiger partial charge in [0.1, 0.15) is 18.0 Å². The van der Waals surface area contributed by atoms with Gasteiger partial charge in [-0.25, -0.2) is 14.4 Å². The number of hydrogen-bond donors (Lipinski definition) is 0. The Bertz CT molecular complexity index is 998. The van der Waals surface area contributed by atoms with Gasteiger partial charge in [-0.05, 0) is 30.2 Å². The van der Waals surface area contributed by atoms with Crippen LogP contribution in [0.4, 0.5) is 10.2 Å². The second-order valence-corrected chi connectivity index (χ2v) is 7.25. The number of halogens is 1. The largest absolute Gasteiger partial charge is 0.353 e. The topological polar surface area (TPSA) is 49.3 Å². The summed E-state index contributed by atoms with van der Waals surface area (Å²) in [4.78, 5) is 25.5. The van der Waals surface area contributed by atoms with Gasteiger partial charge in [0.25, 0.3) is 0 Å². The van der Waals surface area contributed by atoms with E-state index in [0.29, 0.717) is 19.5 Å². The third kappa shape index (κ3) is 4.42. The Morgan fingerprint density at radius 3 is 2.45 bits per heavy atom. The zero-order valence-corrected chi connectivity index (χ0v) is 16.4. The van der Waals surface area contributed by atoms with Crippen LogP contribution in [0.25, 0.3) is 11.3 Å². The van der Waals surface area contributed by atoms with Crippen molar-refractivity contribution < 1.29 is 9.18 Å². The Hall–Kier alpha value is -3.28. The minimum atomic E-state index is -0.287. The number of aromatic nitrogens is 2. The third-order valence-corrected chi connectivity index (χ3v) is 5.30. The molecule has 0 bridgehead atoms. The second-order valence-electron chi connectivity index (χ2n) is 7.25. The Morgan fingerprint density at radius 2 is 1.72 bits per heavy atom. The van der Waals surface area contributed by atoms with Crippen molar-refractivity contribution in [2.24, 2.45) is 0 Å². The lowest BCUT2D eigenvalue weighted by molar-refractivity contribution is -0.130. The van der Waals surface area contributed by atoms with Gasteiger partial charge in [0.15, 0.2) is 0 Å². The molecule has 29 heavy (non-hydrogen) atoms. The van der Waals surface area contributed by atoms with E-state index in [-0.39, 0.29) is 11.7 Å². The van der Waals surface area contributed by atoms with Crippen molar-refractivity contribution >= 4 is 11.7 Å². The molecule has 1 aromatic heterocycles. The first-order chi connectivity index (χ1) is 14.1. The van der Waals surface area contributed by atoms with Crippen molar-refractivity contribution in [3.63, 3.8) is 0 Å². The van der Waals surface area contributed by atoms with Gasteiger partial charge in [0.2, 0.25) is 5.91 Å². The third-order valence-electron chi connectivity index (χ3n) is 5.30. The smallest absolute Gasteiger partial charge is 0.227 e. The van der Waals surface area contributed by atoms with Crippen LogP contribution in [0.15, 0.2) is 60.9 Å². The molecule has 0 saturated carbocycles. The van der Waals surface area contributed by atoms with Crippen LogP contribution in [0.2, 0.25) is 0 Å². The summed E-state index contributed by atoms with van der Waals surface area (Å²) in [6, 6.07) is 16.3. The van der Waals surface area contributed by atoms with Crippen LogP contribution < -0.4 is 4.90 Å². The fourth-order valence-corrected chi connectivity index (χ4v) is 3.60. The molecule has 2 aromatic carbocycles. The van der Waals surface area contributed by atoms with Crippen LogP contribution in [-0.2, 0) is 11.2 Å². The summed E-state index contributed by atoms with van der Waals surface area (Å²) in [6.45, 7) is 4.80. The quantitative estimate of drug-likeness (QED) is 0.684. The normalized spacial score (nSPS) is 14.1. The van der Waals surface area contributed by atoms with Crippen molar-refractivity contribution in [1.82, 2.24) is 14.9 Å². The zero-order chi connectivity index (χ0) is 20.2. The Labute approximate surface area is 169 Å². The number of carbonyl (C=O) groups excluding carboxylic acids is 1. The highest BCUT2D eigenvalue weighted by Gasteiger charge is 2.22. The van der Waals surface area contributed by atoms with Crippen LogP contribution in [0.1, 0.15) is 11.1 Å². The van der Waals surface area contributed by atoms with Crippen molar-refractivity contribution in [3.05, 3.63) is 77.9 Å². The SMILES string of the molecule is Cc1ccccc1-c1cc(N2CCN(C(=O)Cc3ccc(F)cc3)CC2)ncn1. The second kappa shape index (κ2) is 8.39. The van der Waals surface area contributed by atoms with Gasteiger partial charge in [-0.15, -0.1) is 0 Å². The fourth-order valence-electron chi connectivity index (χ4n) is 3.60. The summed E-state index contributed by atoms with van der Waals surface area (Å²) in [5.74, 6) is 0.660. The Morgan fingerprint density at radius 1 is 1.00 bits per heavy atom. The molecule has 0 N–H and O–H groups in total. The van der Waals surface area contributed by atoms with E-state index in [0.717, 1.165) is 35.7 Å². The highest BCUT2D eigenvalue weighted by Crippen LogP contribution is 2.24. The predicted molar refractivity (Wildman–Crippen MR) is 111 cm³/mol. The molecule has 0 unspecified atom stereocenters. The van der Waals surface area contributed by atoms with E-state index in [9.17, 15) is 9.18 Å². The molecule has 2 heterocycles. The number of hydrogen-bond acceptors (Lipinski definition) is 4. The van der Waals surface area contributed by atoms with Crippen LogP contribution in [0.5, 0.6) is 0 Å².